The Morgan fingerprint density at radius 1 is 1.04 bits per heavy atom. The summed E-state index contributed by atoms with van der Waals surface area (Å²) < 4.78 is 2.48. The molecule has 4 heteroatoms. The Kier molecular flexibility index (Phi) is 5.86. The van der Waals surface area contributed by atoms with Crippen LogP contribution in [0.3, 0.4) is 0 Å². The van der Waals surface area contributed by atoms with Crippen LogP contribution in [0, 0.1) is 0 Å². The summed E-state index contributed by atoms with van der Waals surface area (Å²) in [6.45, 7) is 6.98. The van der Waals surface area contributed by atoms with E-state index in [4.69, 9.17) is 4.84 Å². The summed E-state index contributed by atoms with van der Waals surface area (Å²) >= 11 is 0. The Bertz CT molecular complexity index is 857. The first-order valence-electron chi connectivity index (χ1n) is 10.7. The molecule has 0 radical (unpaired) electrons. The van der Waals surface area contributed by atoms with Crippen LogP contribution in [0.1, 0.15) is 64.0 Å². The number of benzene rings is 1. The van der Waals surface area contributed by atoms with Crippen molar-refractivity contribution in [2.75, 3.05) is 20.2 Å². The Labute approximate surface area is 168 Å². The molecule has 2 aromatic rings. The number of aromatic nitrogens is 1. The van der Waals surface area contributed by atoms with Gasteiger partial charge in [-0.15, -0.1) is 0 Å². The van der Waals surface area contributed by atoms with Gasteiger partial charge in [0.1, 0.15) is 7.11 Å². The highest BCUT2D eigenvalue weighted by Crippen LogP contribution is 2.34. The SMILES string of the molecule is CON=Cc1cn(C2CCN(C3CCC(=C(C)C)CC3)CC2)c2ccccc12. The monoisotopic (exact) mass is 379 g/mol. The number of fused-ring (bicyclic) bond motifs is 1. The molecule has 0 N–H and O–H groups in total. The molecular weight excluding hydrogens is 346 g/mol. The van der Waals surface area contributed by atoms with E-state index >= 15 is 0 Å². The first-order chi connectivity index (χ1) is 13.7. The molecular formula is C24H33N3O. The van der Waals surface area contributed by atoms with Gasteiger partial charge < -0.3 is 14.3 Å². The molecule has 150 valence electrons. The van der Waals surface area contributed by atoms with Gasteiger partial charge in [-0.05, 0) is 58.4 Å². The van der Waals surface area contributed by atoms with E-state index in [0.29, 0.717) is 6.04 Å². The molecule has 2 fully saturated rings. The van der Waals surface area contributed by atoms with E-state index in [9.17, 15) is 0 Å². The predicted molar refractivity (Wildman–Crippen MR) is 117 cm³/mol. The number of nitrogens with zero attached hydrogens (tertiary/aromatic N) is 3. The Hall–Kier alpha value is -2.07. The first-order valence-corrected chi connectivity index (χ1v) is 10.7. The molecule has 2 heterocycles. The van der Waals surface area contributed by atoms with E-state index in [1.807, 2.05) is 6.21 Å². The van der Waals surface area contributed by atoms with Crippen molar-refractivity contribution >= 4 is 17.1 Å². The summed E-state index contributed by atoms with van der Waals surface area (Å²) in [7, 11) is 1.59. The van der Waals surface area contributed by atoms with Gasteiger partial charge in [0.05, 0.1) is 6.21 Å². The lowest BCUT2D eigenvalue weighted by atomic mass is 9.86. The van der Waals surface area contributed by atoms with Gasteiger partial charge in [-0.2, -0.15) is 0 Å². The molecule has 0 spiro atoms. The van der Waals surface area contributed by atoms with Crippen molar-refractivity contribution in [3.63, 3.8) is 0 Å². The van der Waals surface area contributed by atoms with Crippen LogP contribution in [-0.4, -0.2) is 41.9 Å². The van der Waals surface area contributed by atoms with E-state index in [-0.39, 0.29) is 0 Å². The average molecular weight is 380 g/mol. The van der Waals surface area contributed by atoms with Gasteiger partial charge in [-0.25, -0.2) is 0 Å². The van der Waals surface area contributed by atoms with Gasteiger partial charge in [0.15, 0.2) is 0 Å². The molecule has 1 saturated carbocycles. The first kappa shape index (κ1) is 19.3. The standard InChI is InChI=1S/C24H33N3O/c1-18(2)19-8-10-21(11-9-19)26-14-12-22(13-15-26)27-17-20(16-25-28-3)23-6-4-5-7-24(23)27/h4-7,16-17,21-22H,8-15H2,1-3H3. The summed E-state index contributed by atoms with van der Waals surface area (Å²) in [5.41, 5.74) is 5.70. The quantitative estimate of drug-likeness (QED) is 0.397. The molecule has 4 rings (SSSR count). The van der Waals surface area contributed by atoms with Gasteiger partial charge in [0.2, 0.25) is 0 Å². The summed E-state index contributed by atoms with van der Waals surface area (Å²) in [5.74, 6) is 0. The zero-order valence-electron chi connectivity index (χ0n) is 17.5. The second kappa shape index (κ2) is 8.52. The summed E-state index contributed by atoms with van der Waals surface area (Å²) in [4.78, 5) is 7.66. The molecule has 1 aromatic heterocycles. The lowest BCUT2D eigenvalue weighted by Gasteiger charge is -2.40. The highest BCUT2D eigenvalue weighted by atomic mass is 16.6. The van der Waals surface area contributed by atoms with Crippen LogP contribution in [0.25, 0.3) is 10.9 Å². The minimum atomic E-state index is 0.572. The van der Waals surface area contributed by atoms with Crippen molar-refractivity contribution < 1.29 is 4.84 Å². The van der Waals surface area contributed by atoms with Crippen molar-refractivity contribution in [3.05, 3.63) is 47.2 Å². The molecule has 1 aliphatic carbocycles. The van der Waals surface area contributed by atoms with Crippen LogP contribution >= 0.6 is 0 Å². The van der Waals surface area contributed by atoms with E-state index in [1.165, 1.54) is 62.5 Å². The number of hydrogen-bond donors (Lipinski definition) is 0. The van der Waals surface area contributed by atoms with Crippen LogP contribution in [0.2, 0.25) is 0 Å². The summed E-state index contributed by atoms with van der Waals surface area (Å²) in [6.07, 6.45) is 11.8. The van der Waals surface area contributed by atoms with E-state index in [0.717, 1.165) is 11.6 Å². The maximum atomic E-state index is 4.90. The van der Waals surface area contributed by atoms with Crippen molar-refractivity contribution in [3.8, 4) is 0 Å². The van der Waals surface area contributed by atoms with Crippen molar-refractivity contribution in [1.82, 2.24) is 9.47 Å². The fourth-order valence-corrected chi connectivity index (χ4v) is 5.09. The van der Waals surface area contributed by atoms with Crippen LogP contribution in [0.15, 0.2) is 46.8 Å². The highest BCUT2D eigenvalue weighted by Gasteiger charge is 2.28. The average Bonchev–Trinajstić information content (AvgIpc) is 3.11. The fourth-order valence-electron chi connectivity index (χ4n) is 5.09. The molecule has 0 unspecified atom stereocenters. The van der Waals surface area contributed by atoms with Crippen molar-refractivity contribution in [1.29, 1.82) is 0 Å². The second-order valence-electron chi connectivity index (χ2n) is 8.53. The second-order valence-corrected chi connectivity index (χ2v) is 8.53. The summed E-state index contributed by atoms with van der Waals surface area (Å²) in [5, 5.41) is 5.25. The number of piperidine rings is 1. The Morgan fingerprint density at radius 3 is 2.43 bits per heavy atom. The number of hydrogen-bond acceptors (Lipinski definition) is 3. The Morgan fingerprint density at radius 2 is 1.75 bits per heavy atom. The van der Waals surface area contributed by atoms with E-state index < -0.39 is 0 Å². The van der Waals surface area contributed by atoms with Gasteiger partial charge in [-0.3, -0.25) is 0 Å². The maximum Gasteiger partial charge on any atom is 0.106 e. The van der Waals surface area contributed by atoms with Crippen molar-refractivity contribution in [2.24, 2.45) is 5.16 Å². The van der Waals surface area contributed by atoms with Crippen LogP contribution in [-0.2, 0) is 4.84 Å². The van der Waals surface area contributed by atoms with Gasteiger partial charge in [-0.1, -0.05) is 34.5 Å². The number of rotatable bonds is 4. The van der Waals surface area contributed by atoms with Gasteiger partial charge in [0, 0.05) is 47.8 Å². The normalized spacial score (nSPS) is 22.2. The number of allylic oxidation sites excluding steroid dienone is 2. The molecule has 2 aliphatic rings. The van der Waals surface area contributed by atoms with Crippen molar-refractivity contribution in [2.45, 2.75) is 64.5 Å². The molecule has 0 amide bonds. The molecule has 4 nitrogen and oxygen atoms in total. The summed E-state index contributed by atoms with van der Waals surface area (Å²) in [6, 6.07) is 10.0. The predicted octanol–water partition coefficient (Wildman–Crippen LogP) is 5.54. The molecule has 1 saturated heterocycles. The maximum absolute atomic E-state index is 4.90. The largest absolute Gasteiger partial charge is 0.399 e. The van der Waals surface area contributed by atoms with Gasteiger partial charge >= 0.3 is 0 Å². The molecule has 1 aromatic carbocycles. The number of likely N-dealkylation sites (tertiary alicyclic amines) is 1. The highest BCUT2D eigenvalue weighted by molar-refractivity contribution is 5.99. The molecule has 0 atom stereocenters. The molecule has 28 heavy (non-hydrogen) atoms. The van der Waals surface area contributed by atoms with Crippen LogP contribution in [0.5, 0.6) is 0 Å². The topological polar surface area (TPSA) is 29.8 Å². The van der Waals surface area contributed by atoms with Crippen LogP contribution < -0.4 is 0 Å². The fraction of sp³-hybridized carbons (Fsp3) is 0.542. The lowest BCUT2D eigenvalue weighted by Crippen LogP contribution is -2.42. The van der Waals surface area contributed by atoms with E-state index in [1.54, 1.807) is 18.3 Å². The lowest BCUT2D eigenvalue weighted by molar-refractivity contribution is 0.117. The third kappa shape index (κ3) is 3.88. The Balaban J connectivity index is 1.44. The number of para-hydroxylation sites is 1. The van der Waals surface area contributed by atoms with Crippen LogP contribution in [0.4, 0.5) is 0 Å². The molecule has 0 bridgehead atoms. The smallest absolute Gasteiger partial charge is 0.106 e. The number of oxime groups is 1. The zero-order valence-corrected chi connectivity index (χ0v) is 17.5. The zero-order chi connectivity index (χ0) is 19.5. The van der Waals surface area contributed by atoms with Gasteiger partial charge in [0.25, 0.3) is 0 Å². The molecule has 1 aliphatic heterocycles. The minimum Gasteiger partial charge on any atom is -0.399 e. The van der Waals surface area contributed by atoms with E-state index in [2.05, 4.69) is 58.9 Å². The third-order valence-electron chi connectivity index (χ3n) is 6.74. The minimum absolute atomic E-state index is 0.572. The third-order valence-corrected chi connectivity index (χ3v) is 6.74.